The molecular formula is C19H27N5O2. The van der Waals surface area contributed by atoms with Crippen LogP contribution in [0, 0.1) is 13.8 Å². The third-order valence-electron chi connectivity index (χ3n) is 5.85. The van der Waals surface area contributed by atoms with Crippen molar-refractivity contribution in [3.05, 3.63) is 29.3 Å². The Morgan fingerprint density at radius 1 is 1.19 bits per heavy atom. The lowest BCUT2D eigenvalue weighted by Crippen LogP contribution is -2.66. The average molecular weight is 357 g/mol. The summed E-state index contributed by atoms with van der Waals surface area (Å²) in [6.07, 6.45) is 0.636. The molecule has 140 valence electrons. The van der Waals surface area contributed by atoms with E-state index in [4.69, 9.17) is 0 Å². The Morgan fingerprint density at radius 3 is 2.65 bits per heavy atom. The monoisotopic (exact) mass is 357 g/mol. The van der Waals surface area contributed by atoms with E-state index in [1.54, 1.807) is 11.9 Å². The van der Waals surface area contributed by atoms with Crippen molar-refractivity contribution in [1.82, 2.24) is 20.0 Å². The van der Waals surface area contributed by atoms with Gasteiger partial charge in [-0.1, -0.05) is 17.7 Å². The van der Waals surface area contributed by atoms with E-state index in [0.29, 0.717) is 6.54 Å². The average Bonchev–Trinajstić information content (AvgIpc) is 3.00. The van der Waals surface area contributed by atoms with Crippen molar-refractivity contribution >= 4 is 17.6 Å². The zero-order chi connectivity index (χ0) is 18.6. The van der Waals surface area contributed by atoms with Crippen LogP contribution in [0.2, 0.25) is 0 Å². The number of hydrogen-bond acceptors (Lipinski definition) is 5. The van der Waals surface area contributed by atoms with Crippen LogP contribution in [0.25, 0.3) is 0 Å². The molecule has 3 aliphatic rings. The zero-order valence-electron chi connectivity index (χ0n) is 15.9. The van der Waals surface area contributed by atoms with Gasteiger partial charge in [0, 0.05) is 32.4 Å². The highest BCUT2D eigenvalue weighted by molar-refractivity contribution is 6.00. The maximum absolute atomic E-state index is 13.0. The van der Waals surface area contributed by atoms with Gasteiger partial charge in [0.25, 0.3) is 5.91 Å². The Hall–Kier alpha value is -2.12. The molecule has 3 atom stereocenters. The molecular weight excluding hydrogens is 330 g/mol. The highest BCUT2D eigenvalue weighted by Crippen LogP contribution is 2.34. The highest BCUT2D eigenvalue weighted by atomic mass is 16.2. The van der Waals surface area contributed by atoms with Gasteiger partial charge in [-0.25, -0.2) is 4.79 Å². The molecule has 0 radical (unpaired) electrons. The molecule has 1 N–H and O–H groups in total. The number of nitrogens with one attached hydrogen (secondary N) is 1. The maximum atomic E-state index is 13.0. The summed E-state index contributed by atoms with van der Waals surface area (Å²) in [5.41, 5.74) is 3.66. The molecule has 3 unspecified atom stereocenters. The molecule has 0 saturated carbocycles. The van der Waals surface area contributed by atoms with Crippen LogP contribution < -0.4 is 10.2 Å². The van der Waals surface area contributed by atoms with Crippen LogP contribution in [0.4, 0.5) is 10.5 Å². The number of anilines is 1. The molecule has 3 saturated heterocycles. The Bertz CT molecular complexity index is 751. The molecule has 3 heterocycles. The smallest absolute Gasteiger partial charge is 0.327 e. The first-order valence-corrected chi connectivity index (χ1v) is 9.38. The number of carbonyl (C=O) groups is 2. The topological polar surface area (TPSA) is 59.1 Å². The summed E-state index contributed by atoms with van der Waals surface area (Å²) in [5, 5.41) is 3.55. The molecule has 7 nitrogen and oxygen atoms in total. The van der Waals surface area contributed by atoms with Crippen molar-refractivity contribution in [3.63, 3.8) is 0 Å². The minimum Gasteiger partial charge on any atom is -0.343 e. The van der Waals surface area contributed by atoms with Gasteiger partial charge in [-0.15, -0.1) is 0 Å². The predicted molar refractivity (Wildman–Crippen MR) is 99.6 cm³/mol. The number of nitrogens with zero attached hydrogens (tertiary/aromatic N) is 4. The minimum absolute atomic E-state index is 0.0730. The highest BCUT2D eigenvalue weighted by Gasteiger charge is 2.55. The fourth-order valence-corrected chi connectivity index (χ4v) is 4.58. The van der Waals surface area contributed by atoms with Gasteiger partial charge < -0.3 is 9.80 Å². The molecule has 0 aromatic heterocycles. The van der Waals surface area contributed by atoms with Gasteiger partial charge >= 0.3 is 6.03 Å². The van der Waals surface area contributed by atoms with E-state index in [9.17, 15) is 9.59 Å². The number of imide groups is 1. The van der Waals surface area contributed by atoms with Gasteiger partial charge in [-0.3, -0.25) is 19.9 Å². The molecule has 1 aromatic carbocycles. The Balaban J connectivity index is 1.69. The van der Waals surface area contributed by atoms with Crippen molar-refractivity contribution in [1.29, 1.82) is 0 Å². The molecule has 26 heavy (non-hydrogen) atoms. The van der Waals surface area contributed by atoms with Gasteiger partial charge in [0.2, 0.25) is 0 Å². The second-order valence-corrected chi connectivity index (χ2v) is 7.48. The SMILES string of the molecule is CCN1C(=O)C2C(NC3N(c4ccc(C)cc4C)CCCN23)N(C)C1=O. The van der Waals surface area contributed by atoms with Gasteiger partial charge in [0.05, 0.1) is 0 Å². The summed E-state index contributed by atoms with van der Waals surface area (Å²) in [4.78, 5) is 33.1. The standard InChI is InChI=1S/C19H27N5O2/c1-5-22-17(25)15-16(21(4)19(22)26)20-18-23(9-6-10-24(15)18)14-8-7-12(2)11-13(14)3/h7-8,11,15-16,18,20H,5-6,9-10H2,1-4H3. The molecule has 3 amide bonds. The van der Waals surface area contributed by atoms with E-state index in [1.807, 2.05) is 6.92 Å². The van der Waals surface area contributed by atoms with Gasteiger partial charge in [-0.2, -0.15) is 0 Å². The summed E-state index contributed by atoms with van der Waals surface area (Å²) < 4.78 is 0. The fraction of sp³-hybridized carbons (Fsp3) is 0.579. The van der Waals surface area contributed by atoms with E-state index >= 15 is 0 Å². The van der Waals surface area contributed by atoms with Crippen LogP contribution in [0.1, 0.15) is 24.5 Å². The van der Waals surface area contributed by atoms with E-state index < -0.39 is 0 Å². The molecule has 3 fully saturated rings. The van der Waals surface area contributed by atoms with Gasteiger partial charge in [0.1, 0.15) is 18.5 Å². The number of likely N-dealkylation sites (N-methyl/N-ethyl adjacent to an activating group) is 2. The summed E-state index contributed by atoms with van der Waals surface area (Å²) in [5.74, 6) is -0.0851. The van der Waals surface area contributed by atoms with Crippen LogP contribution in [-0.2, 0) is 4.79 Å². The zero-order valence-corrected chi connectivity index (χ0v) is 15.9. The normalized spacial score (nSPS) is 29.2. The summed E-state index contributed by atoms with van der Waals surface area (Å²) in [7, 11) is 1.78. The third kappa shape index (κ3) is 2.41. The molecule has 7 heteroatoms. The van der Waals surface area contributed by atoms with Crippen LogP contribution in [-0.4, -0.2) is 71.8 Å². The molecule has 4 rings (SSSR count). The number of rotatable bonds is 2. The quantitative estimate of drug-likeness (QED) is 0.865. The van der Waals surface area contributed by atoms with Crippen molar-refractivity contribution in [2.75, 3.05) is 31.6 Å². The van der Waals surface area contributed by atoms with Crippen LogP contribution >= 0.6 is 0 Å². The number of fused-ring (bicyclic) bond motifs is 3. The van der Waals surface area contributed by atoms with Crippen molar-refractivity contribution in [3.8, 4) is 0 Å². The first-order valence-electron chi connectivity index (χ1n) is 9.38. The number of aryl methyl sites for hydroxylation is 2. The number of hydrogen-bond donors (Lipinski definition) is 1. The third-order valence-corrected chi connectivity index (χ3v) is 5.85. The minimum atomic E-state index is -0.323. The van der Waals surface area contributed by atoms with Crippen LogP contribution in [0.3, 0.4) is 0 Å². The Morgan fingerprint density at radius 2 is 1.96 bits per heavy atom. The van der Waals surface area contributed by atoms with Crippen molar-refractivity contribution in [2.24, 2.45) is 0 Å². The summed E-state index contributed by atoms with van der Waals surface area (Å²) in [6.45, 7) is 8.27. The van der Waals surface area contributed by atoms with Crippen LogP contribution in [0.15, 0.2) is 18.2 Å². The predicted octanol–water partition coefficient (Wildman–Crippen LogP) is 1.31. The summed E-state index contributed by atoms with van der Waals surface area (Å²) >= 11 is 0. The number of urea groups is 1. The lowest BCUT2D eigenvalue weighted by Gasteiger charge is -2.44. The Kier molecular flexibility index (Phi) is 4.16. The first-order chi connectivity index (χ1) is 12.4. The molecule has 1 aromatic rings. The van der Waals surface area contributed by atoms with E-state index in [2.05, 4.69) is 47.2 Å². The number of benzene rings is 1. The lowest BCUT2D eigenvalue weighted by molar-refractivity contribution is -0.138. The van der Waals surface area contributed by atoms with Crippen LogP contribution in [0.5, 0.6) is 0 Å². The Labute approximate surface area is 154 Å². The molecule has 0 aliphatic carbocycles. The van der Waals surface area contributed by atoms with E-state index in [0.717, 1.165) is 19.5 Å². The van der Waals surface area contributed by atoms with E-state index in [-0.39, 0.29) is 30.4 Å². The first kappa shape index (κ1) is 17.3. The lowest BCUT2D eigenvalue weighted by atomic mass is 10.1. The number of amides is 3. The number of carbonyl (C=O) groups excluding carboxylic acids is 2. The fourth-order valence-electron chi connectivity index (χ4n) is 4.58. The summed E-state index contributed by atoms with van der Waals surface area (Å²) in [6, 6.07) is 5.94. The van der Waals surface area contributed by atoms with Gasteiger partial charge in [-0.05, 0) is 38.8 Å². The second-order valence-electron chi connectivity index (χ2n) is 7.48. The van der Waals surface area contributed by atoms with E-state index in [1.165, 1.54) is 21.7 Å². The maximum Gasteiger partial charge on any atom is 0.327 e. The largest absolute Gasteiger partial charge is 0.343 e. The molecule has 0 spiro atoms. The molecule has 3 aliphatic heterocycles. The van der Waals surface area contributed by atoms with Crippen molar-refractivity contribution in [2.45, 2.75) is 45.7 Å². The van der Waals surface area contributed by atoms with Gasteiger partial charge in [0.15, 0.2) is 0 Å². The second kappa shape index (κ2) is 6.25. The molecule has 0 bridgehead atoms. The van der Waals surface area contributed by atoms with Crippen molar-refractivity contribution < 1.29 is 9.59 Å².